The predicted molar refractivity (Wildman–Crippen MR) is 76.5 cm³/mol. The van der Waals surface area contributed by atoms with Crippen LogP contribution in [0, 0.1) is 0 Å². The molecule has 17 heavy (non-hydrogen) atoms. The second-order valence-electron chi connectivity index (χ2n) is 4.49. The molecule has 0 amide bonds. The summed E-state index contributed by atoms with van der Waals surface area (Å²) < 4.78 is 0. The van der Waals surface area contributed by atoms with Gasteiger partial charge in [-0.05, 0) is 45.2 Å². The summed E-state index contributed by atoms with van der Waals surface area (Å²) in [7, 11) is 0. The van der Waals surface area contributed by atoms with Crippen molar-refractivity contribution in [1.29, 1.82) is 0 Å². The zero-order valence-corrected chi connectivity index (χ0v) is 11.5. The van der Waals surface area contributed by atoms with Crippen molar-refractivity contribution in [2.24, 2.45) is 0 Å². The Kier molecular flexibility index (Phi) is 7.06. The largest absolute Gasteiger partial charge is 0.392 e. The molecule has 0 fully saturated rings. The second-order valence-corrected chi connectivity index (χ2v) is 5.58. The number of aliphatic hydroxyl groups excluding tert-OH is 1. The standard InChI is InChI=1S/C15H22OS/c1-13(2)8-6-7-9-14(16)12-17-15-10-4-3-5-11-15/h3-5,8,10-11,14,16H,6-7,9,12H2,1-2H3. The smallest absolute Gasteiger partial charge is 0.0634 e. The molecule has 0 saturated carbocycles. The van der Waals surface area contributed by atoms with E-state index in [2.05, 4.69) is 32.1 Å². The van der Waals surface area contributed by atoms with Gasteiger partial charge in [-0.25, -0.2) is 0 Å². The SMILES string of the molecule is CC(C)=CCCCC(O)CSc1ccccc1. The lowest BCUT2D eigenvalue weighted by Gasteiger charge is -2.09. The van der Waals surface area contributed by atoms with E-state index in [9.17, 15) is 5.11 Å². The number of allylic oxidation sites excluding steroid dienone is 2. The third kappa shape index (κ3) is 7.24. The van der Waals surface area contributed by atoms with Gasteiger partial charge in [0.15, 0.2) is 0 Å². The zero-order valence-electron chi connectivity index (χ0n) is 10.7. The van der Waals surface area contributed by atoms with Crippen LogP contribution in [0.2, 0.25) is 0 Å². The summed E-state index contributed by atoms with van der Waals surface area (Å²) in [6.07, 6.45) is 5.09. The Hall–Kier alpha value is -0.730. The third-order valence-electron chi connectivity index (χ3n) is 2.48. The van der Waals surface area contributed by atoms with Crippen LogP contribution in [0.25, 0.3) is 0 Å². The number of rotatable bonds is 7. The third-order valence-corrected chi connectivity index (χ3v) is 3.64. The molecule has 1 aromatic rings. The van der Waals surface area contributed by atoms with Gasteiger partial charge in [0.1, 0.15) is 0 Å². The summed E-state index contributed by atoms with van der Waals surface area (Å²) in [5, 5.41) is 9.83. The van der Waals surface area contributed by atoms with E-state index < -0.39 is 0 Å². The van der Waals surface area contributed by atoms with Crippen LogP contribution in [-0.2, 0) is 0 Å². The van der Waals surface area contributed by atoms with Gasteiger partial charge in [0.2, 0.25) is 0 Å². The summed E-state index contributed by atoms with van der Waals surface area (Å²) in [6, 6.07) is 10.2. The topological polar surface area (TPSA) is 20.2 Å². The van der Waals surface area contributed by atoms with E-state index in [1.807, 2.05) is 18.2 Å². The monoisotopic (exact) mass is 250 g/mol. The molecule has 1 unspecified atom stereocenters. The minimum Gasteiger partial charge on any atom is -0.392 e. The normalized spacial score (nSPS) is 12.2. The maximum absolute atomic E-state index is 9.83. The molecular weight excluding hydrogens is 228 g/mol. The fraction of sp³-hybridized carbons (Fsp3) is 0.467. The highest BCUT2D eigenvalue weighted by molar-refractivity contribution is 7.99. The van der Waals surface area contributed by atoms with Crippen LogP contribution < -0.4 is 0 Å². The Morgan fingerprint density at radius 1 is 1.29 bits per heavy atom. The highest BCUT2D eigenvalue weighted by atomic mass is 32.2. The van der Waals surface area contributed by atoms with Crippen LogP contribution in [0.15, 0.2) is 46.9 Å². The molecule has 94 valence electrons. The fourth-order valence-corrected chi connectivity index (χ4v) is 2.44. The quantitative estimate of drug-likeness (QED) is 0.443. The van der Waals surface area contributed by atoms with Gasteiger partial charge in [0.05, 0.1) is 6.10 Å². The van der Waals surface area contributed by atoms with Gasteiger partial charge < -0.3 is 5.11 Å². The lowest BCUT2D eigenvalue weighted by atomic mass is 10.1. The minimum absolute atomic E-state index is 0.189. The maximum Gasteiger partial charge on any atom is 0.0634 e. The van der Waals surface area contributed by atoms with Crippen molar-refractivity contribution in [3.05, 3.63) is 42.0 Å². The summed E-state index contributed by atoms with van der Waals surface area (Å²) in [4.78, 5) is 1.23. The molecule has 1 N–H and O–H groups in total. The van der Waals surface area contributed by atoms with Gasteiger partial charge in [-0.2, -0.15) is 0 Å². The van der Waals surface area contributed by atoms with Crippen LogP contribution >= 0.6 is 11.8 Å². The Labute approximate surface area is 109 Å². The molecule has 0 aliphatic heterocycles. The average molecular weight is 250 g/mol. The van der Waals surface area contributed by atoms with E-state index in [4.69, 9.17) is 0 Å². The summed E-state index contributed by atoms with van der Waals surface area (Å²) in [6.45, 7) is 4.23. The van der Waals surface area contributed by atoms with Gasteiger partial charge in [-0.3, -0.25) is 0 Å². The van der Waals surface area contributed by atoms with E-state index in [1.165, 1.54) is 10.5 Å². The molecule has 1 aromatic carbocycles. The molecule has 0 spiro atoms. The van der Waals surface area contributed by atoms with Crippen molar-refractivity contribution in [2.45, 2.75) is 44.1 Å². The highest BCUT2D eigenvalue weighted by Crippen LogP contribution is 2.19. The maximum atomic E-state index is 9.83. The second kappa shape index (κ2) is 8.37. The van der Waals surface area contributed by atoms with Crippen LogP contribution in [0.1, 0.15) is 33.1 Å². The fourth-order valence-electron chi connectivity index (χ4n) is 1.54. The van der Waals surface area contributed by atoms with Crippen molar-refractivity contribution in [2.75, 3.05) is 5.75 Å². The van der Waals surface area contributed by atoms with Gasteiger partial charge in [-0.15, -0.1) is 11.8 Å². The minimum atomic E-state index is -0.189. The molecule has 0 aliphatic carbocycles. The molecule has 0 bridgehead atoms. The molecule has 0 saturated heterocycles. The molecule has 0 aliphatic rings. The summed E-state index contributed by atoms with van der Waals surface area (Å²) in [5.74, 6) is 0.791. The van der Waals surface area contributed by atoms with Gasteiger partial charge in [-0.1, -0.05) is 29.8 Å². The van der Waals surface area contributed by atoms with Crippen molar-refractivity contribution in [1.82, 2.24) is 0 Å². The first-order valence-electron chi connectivity index (χ1n) is 6.18. The average Bonchev–Trinajstić information content (AvgIpc) is 2.33. The molecule has 0 radical (unpaired) electrons. The summed E-state index contributed by atoms with van der Waals surface area (Å²) >= 11 is 1.73. The van der Waals surface area contributed by atoms with Crippen molar-refractivity contribution in [3.63, 3.8) is 0 Å². The first-order chi connectivity index (χ1) is 8.18. The molecule has 1 rings (SSSR count). The van der Waals surface area contributed by atoms with Crippen molar-refractivity contribution < 1.29 is 5.11 Å². The Morgan fingerprint density at radius 3 is 2.65 bits per heavy atom. The van der Waals surface area contributed by atoms with Crippen LogP contribution in [0.4, 0.5) is 0 Å². The predicted octanol–water partition coefficient (Wildman–Crippen LogP) is 4.28. The summed E-state index contributed by atoms with van der Waals surface area (Å²) in [5.41, 5.74) is 1.36. The lowest BCUT2D eigenvalue weighted by molar-refractivity contribution is 0.186. The van der Waals surface area contributed by atoms with Gasteiger partial charge in [0.25, 0.3) is 0 Å². The van der Waals surface area contributed by atoms with E-state index >= 15 is 0 Å². The molecule has 1 nitrogen and oxygen atoms in total. The molecule has 0 aromatic heterocycles. The molecule has 0 heterocycles. The van der Waals surface area contributed by atoms with Crippen LogP contribution in [0.3, 0.4) is 0 Å². The zero-order chi connectivity index (χ0) is 12.5. The Balaban J connectivity index is 2.13. The first-order valence-corrected chi connectivity index (χ1v) is 7.16. The number of unbranched alkanes of at least 4 members (excludes halogenated alkanes) is 1. The van der Waals surface area contributed by atoms with E-state index in [1.54, 1.807) is 11.8 Å². The molecule has 1 atom stereocenters. The highest BCUT2D eigenvalue weighted by Gasteiger charge is 2.04. The van der Waals surface area contributed by atoms with E-state index in [0.29, 0.717) is 0 Å². The molecule has 2 heteroatoms. The number of thioether (sulfide) groups is 1. The first kappa shape index (κ1) is 14.3. The Morgan fingerprint density at radius 2 is 2.00 bits per heavy atom. The number of benzene rings is 1. The van der Waals surface area contributed by atoms with E-state index in [-0.39, 0.29) is 6.10 Å². The van der Waals surface area contributed by atoms with Crippen molar-refractivity contribution in [3.8, 4) is 0 Å². The number of hydrogen-bond donors (Lipinski definition) is 1. The van der Waals surface area contributed by atoms with Crippen LogP contribution in [0.5, 0.6) is 0 Å². The van der Waals surface area contributed by atoms with E-state index in [0.717, 1.165) is 25.0 Å². The lowest BCUT2D eigenvalue weighted by Crippen LogP contribution is -2.09. The van der Waals surface area contributed by atoms with Gasteiger partial charge >= 0.3 is 0 Å². The van der Waals surface area contributed by atoms with Crippen molar-refractivity contribution >= 4 is 11.8 Å². The van der Waals surface area contributed by atoms with Gasteiger partial charge in [0, 0.05) is 10.6 Å². The van der Waals surface area contributed by atoms with Crippen LogP contribution in [-0.4, -0.2) is 17.0 Å². The Bertz CT molecular complexity index is 328. The number of aliphatic hydroxyl groups is 1. The number of hydrogen-bond acceptors (Lipinski definition) is 2. The molecular formula is C15H22OS.